The number of aliphatic hydroxyl groups is 3. The fraction of sp³-hybridized carbons (Fsp3) is 0.333. The minimum absolute atomic E-state index is 0.156. The van der Waals surface area contributed by atoms with Crippen LogP contribution in [0.4, 0.5) is 0 Å². The number of carbonyl (C=O) groups is 2. The SMILES string of the molecule is CNC(=O)c1cc(C#Cc2cccc([C@H]3OC(CO)CC(O)C3O)c2)cc(C(=O)NC)c1. The molecule has 3 unspecified atom stereocenters. The zero-order valence-electron chi connectivity index (χ0n) is 17.8. The second kappa shape index (κ2) is 10.4. The standard InChI is InChI=1S/C24H26N2O6/c1-25-23(30)17-9-15(10-18(11-17)24(31)26-2)7-6-14-4-3-5-16(8-14)22-21(29)20(28)12-19(13-27)32-22/h3-5,8-11,19-22,27-29H,12-13H2,1-2H3,(H,25,30)(H,26,31)/t19?,20?,21?,22-/m1/s1. The van der Waals surface area contributed by atoms with Crippen molar-refractivity contribution in [1.82, 2.24) is 10.6 Å². The van der Waals surface area contributed by atoms with Crippen LogP contribution in [0.2, 0.25) is 0 Å². The van der Waals surface area contributed by atoms with Crippen LogP contribution in [0.3, 0.4) is 0 Å². The van der Waals surface area contributed by atoms with Gasteiger partial charge in [-0.2, -0.15) is 0 Å². The lowest BCUT2D eigenvalue weighted by Gasteiger charge is -2.36. The molecule has 32 heavy (non-hydrogen) atoms. The largest absolute Gasteiger partial charge is 0.394 e. The van der Waals surface area contributed by atoms with E-state index in [1.807, 2.05) is 0 Å². The molecule has 8 nitrogen and oxygen atoms in total. The van der Waals surface area contributed by atoms with Crippen LogP contribution in [0.25, 0.3) is 0 Å². The molecule has 2 aromatic carbocycles. The highest BCUT2D eigenvalue weighted by atomic mass is 16.5. The summed E-state index contributed by atoms with van der Waals surface area (Å²) in [6.07, 6.45) is -3.34. The summed E-state index contributed by atoms with van der Waals surface area (Å²) in [5, 5.41) is 34.9. The summed E-state index contributed by atoms with van der Waals surface area (Å²) in [5.41, 5.74) is 2.35. The van der Waals surface area contributed by atoms with E-state index >= 15 is 0 Å². The van der Waals surface area contributed by atoms with E-state index in [0.717, 1.165) is 0 Å². The van der Waals surface area contributed by atoms with E-state index in [0.29, 0.717) is 27.8 Å². The number of benzene rings is 2. The van der Waals surface area contributed by atoms with Crippen LogP contribution >= 0.6 is 0 Å². The van der Waals surface area contributed by atoms with Gasteiger partial charge in [-0.25, -0.2) is 0 Å². The molecule has 0 saturated carbocycles. The highest BCUT2D eigenvalue weighted by Crippen LogP contribution is 2.32. The van der Waals surface area contributed by atoms with E-state index in [2.05, 4.69) is 22.5 Å². The molecule has 0 aromatic heterocycles. The Morgan fingerprint density at radius 2 is 1.62 bits per heavy atom. The highest BCUT2D eigenvalue weighted by Gasteiger charge is 2.37. The Balaban J connectivity index is 1.92. The van der Waals surface area contributed by atoms with E-state index in [4.69, 9.17) is 4.74 Å². The fourth-order valence-corrected chi connectivity index (χ4v) is 3.54. The maximum atomic E-state index is 12.1. The van der Waals surface area contributed by atoms with Gasteiger partial charge < -0.3 is 30.7 Å². The van der Waals surface area contributed by atoms with Crippen molar-refractivity contribution in [3.8, 4) is 11.8 Å². The molecule has 4 atom stereocenters. The minimum atomic E-state index is -1.12. The van der Waals surface area contributed by atoms with Gasteiger partial charge in [0.05, 0.1) is 18.8 Å². The molecule has 0 aliphatic carbocycles. The van der Waals surface area contributed by atoms with Crippen LogP contribution in [0.15, 0.2) is 42.5 Å². The van der Waals surface area contributed by atoms with E-state index < -0.39 is 24.4 Å². The van der Waals surface area contributed by atoms with Gasteiger partial charge in [0.2, 0.25) is 0 Å². The number of carbonyl (C=O) groups excluding carboxylic acids is 2. The molecule has 2 aromatic rings. The molecule has 0 radical (unpaired) electrons. The van der Waals surface area contributed by atoms with Crippen LogP contribution in [-0.4, -0.2) is 66.1 Å². The van der Waals surface area contributed by atoms with Gasteiger partial charge >= 0.3 is 0 Å². The van der Waals surface area contributed by atoms with Crippen molar-refractivity contribution in [2.24, 2.45) is 0 Å². The molecule has 0 spiro atoms. The Labute approximate surface area is 186 Å². The summed E-state index contributed by atoms with van der Waals surface area (Å²) < 4.78 is 5.73. The molecule has 1 aliphatic heterocycles. The second-order valence-electron chi connectivity index (χ2n) is 7.49. The van der Waals surface area contributed by atoms with Crippen LogP contribution in [0.1, 0.15) is 49.9 Å². The predicted octanol–water partition coefficient (Wildman–Crippen LogP) is 0.350. The number of aliphatic hydroxyl groups excluding tert-OH is 3. The fourth-order valence-electron chi connectivity index (χ4n) is 3.54. The number of rotatable bonds is 4. The van der Waals surface area contributed by atoms with Gasteiger partial charge in [-0.15, -0.1) is 0 Å². The van der Waals surface area contributed by atoms with Crippen molar-refractivity contribution in [1.29, 1.82) is 0 Å². The minimum Gasteiger partial charge on any atom is -0.394 e. The van der Waals surface area contributed by atoms with E-state index in [1.165, 1.54) is 20.2 Å². The first-order chi connectivity index (χ1) is 15.4. The Bertz CT molecular complexity index is 1020. The lowest BCUT2D eigenvalue weighted by atomic mass is 9.92. The van der Waals surface area contributed by atoms with Crippen molar-refractivity contribution >= 4 is 11.8 Å². The Hall–Kier alpha value is -3.22. The maximum absolute atomic E-state index is 12.1. The summed E-state index contributed by atoms with van der Waals surface area (Å²) >= 11 is 0. The normalized spacial score (nSPS) is 22.4. The summed E-state index contributed by atoms with van der Waals surface area (Å²) in [4.78, 5) is 24.1. The Morgan fingerprint density at radius 1 is 1.00 bits per heavy atom. The van der Waals surface area contributed by atoms with Gasteiger partial charge in [0.15, 0.2) is 0 Å². The molecule has 8 heteroatoms. The molecule has 168 valence electrons. The molecule has 1 heterocycles. The topological polar surface area (TPSA) is 128 Å². The Kier molecular flexibility index (Phi) is 7.62. The predicted molar refractivity (Wildman–Crippen MR) is 117 cm³/mol. The second-order valence-corrected chi connectivity index (χ2v) is 7.49. The third-order valence-electron chi connectivity index (χ3n) is 5.23. The first kappa shape index (κ1) is 23.4. The van der Waals surface area contributed by atoms with Gasteiger partial charge in [0.1, 0.15) is 12.2 Å². The molecule has 1 saturated heterocycles. The third kappa shape index (κ3) is 5.33. The smallest absolute Gasteiger partial charge is 0.251 e. The number of hydrogen-bond donors (Lipinski definition) is 5. The van der Waals surface area contributed by atoms with Gasteiger partial charge in [-0.3, -0.25) is 9.59 Å². The van der Waals surface area contributed by atoms with Crippen molar-refractivity contribution in [3.63, 3.8) is 0 Å². The number of hydrogen-bond acceptors (Lipinski definition) is 6. The van der Waals surface area contributed by atoms with Crippen LogP contribution in [0, 0.1) is 11.8 Å². The summed E-state index contributed by atoms with van der Waals surface area (Å²) in [6, 6.07) is 11.7. The third-order valence-corrected chi connectivity index (χ3v) is 5.23. The van der Waals surface area contributed by atoms with Crippen LogP contribution < -0.4 is 10.6 Å². The van der Waals surface area contributed by atoms with Crippen LogP contribution in [-0.2, 0) is 4.74 Å². The van der Waals surface area contributed by atoms with Crippen molar-refractivity contribution in [2.45, 2.75) is 30.8 Å². The van der Waals surface area contributed by atoms with E-state index in [9.17, 15) is 24.9 Å². The van der Waals surface area contributed by atoms with Gasteiger partial charge in [-0.05, 0) is 35.9 Å². The van der Waals surface area contributed by atoms with Gasteiger partial charge in [0.25, 0.3) is 11.8 Å². The zero-order chi connectivity index (χ0) is 23.3. The maximum Gasteiger partial charge on any atom is 0.251 e. The van der Waals surface area contributed by atoms with Crippen LogP contribution in [0.5, 0.6) is 0 Å². The van der Waals surface area contributed by atoms with E-state index in [1.54, 1.807) is 36.4 Å². The number of amides is 2. The zero-order valence-corrected chi connectivity index (χ0v) is 17.8. The first-order valence-electron chi connectivity index (χ1n) is 10.2. The lowest BCUT2D eigenvalue weighted by molar-refractivity contribution is -0.179. The molecule has 5 N–H and O–H groups in total. The molecular weight excluding hydrogens is 412 g/mol. The monoisotopic (exact) mass is 438 g/mol. The quantitative estimate of drug-likeness (QED) is 0.438. The molecule has 2 amide bonds. The lowest BCUT2D eigenvalue weighted by Crippen LogP contribution is -2.44. The van der Waals surface area contributed by atoms with Gasteiger partial charge in [-0.1, -0.05) is 24.0 Å². The first-order valence-corrected chi connectivity index (χ1v) is 10.2. The highest BCUT2D eigenvalue weighted by molar-refractivity contribution is 6.00. The van der Waals surface area contributed by atoms with E-state index in [-0.39, 0.29) is 24.8 Å². The number of nitrogens with one attached hydrogen (secondary N) is 2. The molecular formula is C24H26N2O6. The average molecular weight is 438 g/mol. The Morgan fingerprint density at radius 3 is 2.22 bits per heavy atom. The molecule has 1 fully saturated rings. The summed E-state index contributed by atoms with van der Waals surface area (Å²) in [7, 11) is 3.01. The molecule has 3 rings (SSSR count). The van der Waals surface area contributed by atoms with Crippen molar-refractivity contribution in [2.75, 3.05) is 20.7 Å². The number of ether oxygens (including phenoxy) is 1. The summed E-state index contributed by atoms with van der Waals surface area (Å²) in [6.45, 7) is -0.255. The summed E-state index contributed by atoms with van der Waals surface area (Å²) in [5.74, 6) is 5.30. The van der Waals surface area contributed by atoms with Crippen molar-refractivity contribution < 1.29 is 29.6 Å². The van der Waals surface area contributed by atoms with Crippen molar-refractivity contribution in [3.05, 3.63) is 70.3 Å². The van der Waals surface area contributed by atoms with Gasteiger partial charge in [0, 0.05) is 42.8 Å². The molecule has 0 bridgehead atoms. The molecule has 1 aliphatic rings. The average Bonchev–Trinajstić information content (AvgIpc) is 2.83.